The SMILES string of the molecule is CC1CC(O)CCN1CCc1cccs1. The molecule has 1 aromatic rings. The largest absolute Gasteiger partial charge is 0.393 e. The lowest BCUT2D eigenvalue weighted by atomic mass is 10.0. The van der Waals surface area contributed by atoms with Gasteiger partial charge in [0, 0.05) is 24.0 Å². The molecule has 1 fully saturated rings. The molecular weight excluding hydrogens is 206 g/mol. The number of piperidine rings is 1. The molecule has 0 saturated carbocycles. The number of rotatable bonds is 3. The number of aliphatic hydroxyl groups is 1. The van der Waals surface area contributed by atoms with Crippen molar-refractivity contribution in [1.29, 1.82) is 0 Å². The van der Waals surface area contributed by atoms with Gasteiger partial charge in [-0.2, -0.15) is 0 Å². The Labute approximate surface area is 95.5 Å². The molecule has 0 amide bonds. The van der Waals surface area contributed by atoms with Gasteiger partial charge in [-0.1, -0.05) is 6.07 Å². The second kappa shape index (κ2) is 5.10. The second-order valence-corrected chi connectivity index (χ2v) is 5.42. The highest BCUT2D eigenvalue weighted by atomic mass is 32.1. The molecule has 84 valence electrons. The highest BCUT2D eigenvalue weighted by Crippen LogP contribution is 2.18. The van der Waals surface area contributed by atoms with Crippen LogP contribution in [-0.4, -0.2) is 35.2 Å². The molecule has 0 aliphatic carbocycles. The minimum Gasteiger partial charge on any atom is -0.393 e. The van der Waals surface area contributed by atoms with E-state index >= 15 is 0 Å². The van der Waals surface area contributed by atoms with Crippen molar-refractivity contribution in [2.75, 3.05) is 13.1 Å². The summed E-state index contributed by atoms with van der Waals surface area (Å²) in [5.41, 5.74) is 0. The highest BCUT2D eigenvalue weighted by Gasteiger charge is 2.23. The fourth-order valence-electron chi connectivity index (χ4n) is 2.24. The fourth-order valence-corrected chi connectivity index (χ4v) is 2.93. The van der Waals surface area contributed by atoms with Crippen LogP contribution in [0.25, 0.3) is 0 Å². The quantitative estimate of drug-likeness (QED) is 0.852. The van der Waals surface area contributed by atoms with E-state index in [2.05, 4.69) is 29.3 Å². The molecule has 0 bridgehead atoms. The van der Waals surface area contributed by atoms with E-state index in [1.807, 2.05) is 11.3 Å². The zero-order chi connectivity index (χ0) is 10.7. The first kappa shape index (κ1) is 11.1. The molecule has 15 heavy (non-hydrogen) atoms. The second-order valence-electron chi connectivity index (χ2n) is 4.39. The van der Waals surface area contributed by atoms with Gasteiger partial charge in [0.1, 0.15) is 0 Å². The third-order valence-electron chi connectivity index (χ3n) is 3.21. The number of likely N-dealkylation sites (tertiary alicyclic amines) is 1. The van der Waals surface area contributed by atoms with Crippen LogP contribution in [0.15, 0.2) is 17.5 Å². The van der Waals surface area contributed by atoms with Crippen LogP contribution in [0, 0.1) is 0 Å². The number of nitrogens with zero attached hydrogens (tertiary/aromatic N) is 1. The van der Waals surface area contributed by atoms with Gasteiger partial charge < -0.3 is 10.0 Å². The molecule has 0 radical (unpaired) electrons. The Morgan fingerprint density at radius 3 is 3.13 bits per heavy atom. The van der Waals surface area contributed by atoms with Gasteiger partial charge in [0.2, 0.25) is 0 Å². The lowest BCUT2D eigenvalue weighted by Crippen LogP contribution is -2.43. The molecular formula is C12H19NOS. The summed E-state index contributed by atoms with van der Waals surface area (Å²) in [7, 11) is 0. The summed E-state index contributed by atoms with van der Waals surface area (Å²) < 4.78 is 0. The Morgan fingerprint density at radius 1 is 1.60 bits per heavy atom. The van der Waals surface area contributed by atoms with E-state index in [1.54, 1.807) is 0 Å². The van der Waals surface area contributed by atoms with Gasteiger partial charge in [0.25, 0.3) is 0 Å². The Morgan fingerprint density at radius 2 is 2.47 bits per heavy atom. The first-order chi connectivity index (χ1) is 7.25. The summed E-state index contributed by atoms with van der Waals surface area (Å²) in [6.45, 7) is 4.40. The molecule has 2 atom stereocenters. The molecule has 1 aliphatic rings. The average molecular weight is 225 g/mol. The van der Waals surface area contributed by atoms with Gasteiger partial charge in [-0.3, -0.25) is 0 Å². The van der Waals surface area contributed by atoms with Crippen LogP contribution < -0.4 is 0 Å². The van der Waals surface area contributed by atoms with Crippen LogP contribution in [0.4, 0.5) is 0 Å². The Balaban J connectivity index is 1.79. The van der Waals surface area contributed by atoms with E-state index in [-0.39, 0.29) is 6.10 Å². The Hall–Kier alpha value is -0.380. The van der Waals surface area contributed by atoms with Crippen molar-refractivity contribution in [3.8, 4) is 0 Å². The molecule has 2 heterocycles. The van der Waals surface area contributed by atoms with E-state index in [4.69, 9.17) is 0 Å². The molecule has 1 N–H and O–H groups in total. The van der Waals surface area contributed by atoms with Crippen LogP contribution in [0.3, 0.4) is 0 Å². The van der Waals surface area contributed by atoms with Gasteiger partial charge in [-0.05, 0) is 37.6 Å². The monoisotopic (exact) mass is 225 g/mol. The zero-order valence-corrected chi connectivity index (χ0v) is 10.0. The van der Waals surface area contributed by atoms with Crippen LogP contribution in [0.2, 0.25) is 0 Å². The maximum atomic E-state index is 9.52. The smallest absolute Gasteiger partial charge is 0.0567 e. The predicted molar refractivity (Wildman–Crippen MR) is 64.3 cm³/mol. The number of aliphatic hydroxyl groups excluding tert-OH is 1. The molecule has 1 saturated heterocycles. The van der Waals surface area contributed by atoms with E-state index in [0.717, 1.165) is 32.4 Å². The topological polar surface area (TPSA) is 23.5 Å². The lowest BCUT2D eigenvalue weighted by molar-refractivity contribution is 0.0491. The summed E-state index contributed by atoms with van der Waals surface area (Å²) >= 11 is 1.84. The van der Waals surface area contributed by atoms with Gasteiger partial charge in [0.05, 0.1) is 6.10 Å². The van der Waals surface area contributed by atoms with Crippen molar-refractivity contribution in [3.63, 3.8) is 0 Å². The van der Waals surface area contributed by atoms with Crippen LogP contribution in [0.1, 0.15) is 24.6 Å². The number of thiophene rings is 1. The molecule has 0 spiro atoms. The molecule has 2 rings (SSSR count). The van der Waals surface area contributed by atoms with E-state index in [9.17, 15) is 5.11 Å². The van der Waals surface area contributed by atoms with E-state index in [1.165, 1.54) is 4.88 Å². The molecule has 0 aromatic carbocycles. The van der Waals surface area contributed by atoms with Crippen molar-refractivity contribution in [2.24, 2.45) is 0 Å². The van der Waals surface area contributed by atoms with Crippen molar-refractivity contribution >= 4 is 11.3 Å². The maximum Gasteiger partial charge on any atom is 0.0567 e. The van der Waals surface area contributed by atoms with Crippen LogP contribution >= 0.6 is 11.3 Å². The molecule has 1 aromatic heterocycles. The van der Waals surface area contributed by atoms with E-state index in [0.29, 0.717) is 6.04 Å². The third-order valence-corrected chi connectivity index (χ3v) is 4.15. The number of hydrogen-bond acceptors (Lipinski definition) is 3. The molecule has 2 unspecified atom stereocenters. The predicted octanol–water partition coefficient (Wildman–Crippen LogP) is 2.14. The fraction of sp³-hybridized carbons (Fsp3) is 0.667. The van der Waals surface area contributed by atoms with Gasteiger partial charge in [-0.25, -0.2) is 0 Å². The minimum absolute atomic E-state index is 0.0713. The molecule has 1 aliphatic heterocycles. The van der Waals surface area contributed by atoms with Crippen LogP contribution in [0.5, 0.6) is 0 Å². The summed E-state index contributed by atoms with van der Waals surface area (Å²) in [6, 6.07) is 4.85. The molecule has 2 nitrogen and oxygen atoms in total. The summed E-state index contributed by atoms with van der Waals surface area (Å²) in [6.07, 6.45) is 2.95. The third kappa shape index (κ3) is 3.03. The lowest BCUT2D eigenvalue weighted by Gasteiger charge is -2.35. The minimum atomic E-state index is -0.0713. The van der Waals surface area contributed by atoms with E-state index < -0.39 is 0 Å². The van der Waals surface area contributed by atoms with Crippen molar-refractivity contribution < 1.29 is 5.11 Å². The Bertz CT molecular complexity index is 286. The first-order valence-corrected chi connectivity index (χ1v) is 6.58. The van der Waals surface area contributed by atoms with Gasteiger partial charge in [-0.15, -0.1) is 11.3 Å². The summed E-state index contributed by atoms with van der Waals surface area (Å²) in [5.74, 6) is 0. The highest BCUT2D eigenvalue weighted by molar-refractivity contribution is 7.09. The first-order valence-electron chi connectivity index (χ1n) is 5.70. The van der Waals surface area contributed by atoms with Crippen molar-refractivity contribution in [2.45, 2.75) is 38.3 Å². The number of hydrogen-bond donors (Lipinski definition) is 1. The zero-order valence-electron chi connectivity index (χ0n) is 9.22. The maximum absolute atomic E-state index is 9.52. The van der Waals surface area contributed by atoms with Gasteiger partial charge in [0.15, 0.2) is 0 Å². The van der Waals surface area contributed by atoms with Crippen LogP contribution in [-0.2, 0) is 6.42 Å². The average Bonchev–Trinajstić information content (AvgIpc) is 2.69. The standard InChI is InChI=1S/C12H19NOS/c1-10-9-11(14)4-6-13(10)7-5-12-3-2-8-15-12/h2-3,8,10-11,14H,4-7,9H2,1H3. The summed E-state index contributed by atoms with van der Waals surface area (Å²) in [4.78, 5) is 3.96. The van der Waals surface area contributed by atoms with Gasteiger partial charge >= 0.3 is 0 Å². The normalized spacial score (nSPS) is 28.1. The Kier molecular flexibility index (Phi) is 3.78. The van der Waals surface area contributed by atoms with Crippen molar-refractivity contribution in [3.05, 3.63) is 22.4 Å². The molecule has 3 heteroatoms. The van der Waals surface area contributed by atoms with Crippen molar-refractivity contribution in [1.82, 2.24) is 4.90 Å². The summed E-state index contributed by atoms with van der Waals surface area (Å²) in [5, 5.41) is 11.7.